The predicted octanol–water partition coefficient (Wildman–Crippen LogP) is 2.96. The molecule has 0 fully saturated rings. The number of benzene rings is 1. The highest BCUT2D eigenvalue weighted by atomic mass is 35.5. The van der Waals surface area contributed by atoms with Gasteiger partial charge in [0.25, 0.3) is 0 Å². The molecule has 0 aliphatic rings. The fourth-order valence-electron chi connectivity index (χ4n) is 1.48. The molecule has 0 spiro atoms. The van der Waals surface area contributed by atoms with Crippen molar-refractivity contribution in [2.45, 2.75) is 39.2 Å². The van der Waals surface area contributed by atoms with Crippen molar-refractivity contribution < 1.29 is 9.53 Å². The van der Waals surface area contributed by atoms with Gasteiger partial charge in [0.1, 0.15) is 5.75 Å². The van der Waals surface area contributed by atoms with E-state index >= 15 is 0 Å². The van der Waals surface area contributed by atoms with Crippen molar-refractivity contribution in [3.05, 3.63) is 24.3 Å². The van der Waals surface area contributed by atoms with Gasteiger partial charge in [-0.05, 0) is 31.9 Å². The zero-order valence-electron chi connectivity index (χ0n) is 11.5. The van der Waals surface area contributed by atoms with E-state index in [1.54, 1.807) is 0 Å². The lowest BCUT2D eigenvalue weighted by molar-refractivity contribution is -0.116. The zero-order chi connectivity index (χ0) is 13.4. The van der Waals surface area contributed by atoms with E-state index in [-0.39, 0.29) is 24.4 Å². The molecule has 0 aliphatic heterocycles. The SMILES string of the molecule is CCCOc1ccccc1NC(=O)CCC(C)N.Cl. The van der Waals surface area contributed by atoms with Gasteiger partial charge in [-0.15, -0.1) is 12.4 Å². The Kier molecular flexibility index (Phi) is 9.00. The van der Waals surface area contributed by atoms with Crippen molar-refractivity contribution in [3.8, 4) is 5.75 Å². The molecular weight excluding hydrogens is 264 g/mol. The number of carbonyl (C=O) groups excluding carboxylic acids is 1. The summed E-state index contributed by atoms with van der Waals surface area (Å²) in [6.45, 7) is 4.59. The molecule has 1 atom stereocenters. The van der Waals surface area contributed by atoms with Crippen molar-refractivity contribution in [3.63, 3.8) is 0 Å². The molecule has 0 aromatic heterocycles. The monoisotopic (exact) mass is 286 g/mol. The van der Waals surface area contributed by atoms with Crippen LogP contribution in [0.5, 0.6) is 5.75 Å². The van der Waals surface area contributed by atoms with Crippen molar-refractivity contribution in [1.82, 2.24) is 0 Å². The summed E-state index contributed by atoms with van der Waals surface area (Å²) in [6, 6.07) is 7.51. The molecule has 3 N–H and O–H groups in total. The summed E-state index contributed by atoms with van der Waals surface area (Å²) in [5, 5.41) is 2.86. The van der Waals surface area contributed by atoms with Gasteiger partial charge in [0.2, 0.25) is 5.91 Å². The number of amides is 1. The Bertz CT molecular complexity index is 383. The average molecular weight is 287 g/mol. The lowest BCUT2D eigenvalue weighted by Gasteiger charge is -2.12. The average Bonchev–Trinajstić information content (AvgIpc) is 2.35. The fourth-order valence-corrected chi connectivity index (χ4v) is 1.48. The number of nitrogens with two attached hydrogens (primary N) is 1. The van der Waals surface area contributed by atoms with Crippen molar-refractivity contribution in [2.24, 2.45) is 5.73 Å². The summed E-state index contributed by atoms with van der Waals surface area (Å²) in [4.78, 5) is 11.7. The van der Waals surface area contributed by atoms with Gasteiger partial charge in [-0.2, -0.15) is 0 Å². The zero-order valence-corrected chi connectivity index (χ0v) is 12.3. The molecule has 0 radical (unpaired) electrons. The maximum Gasteiger partial charge on any atom is 0.224 e. The molecule has 1 aromatic carbocycles. The highest BCUT2D eigenvalue weighted by molar-refractivity contribution is 5.92. The first-order valence-electron chi connectivity index (χ1n) is 6.40. The first kappa shape index (κ1) is 17.7. The molecule has 108 valence electrons. The third-order valence-electron chi connectivity index (χ3n) is 2.45. The van der Waals surface area contributed by atoms with E-state index in [0.29, 0.717) is 25.2 Å². The Labute approximate surface area is 121 Å². The Morgan fingerprint density at radius 1 is 1.42 bits per heavy atom. The first-order chi connectivity index (χ1) is 8.63. The van der Waals surface area contributed by atoms with Crippen LogP contribution < -0.4 is 15.8 Å². The van der Waals surface area contributed by atoms with E-state index in [1.807, 2.05) is 38.1 Å². The lowest BCUT2D eigenvalue weighted by Crippen LogP contribution is -2.19. The minimum absolute atomic E-state index is 0. The summed E-state index contributed by atoms with van der Waals surface area (Å²) >= 11 is 0. The smallest absolute Gasteiger partial charge is 0.224 e. The van der Waals surface area contributed by atoms with E-state index < -0.39 is 0 Å². The minimum Gasteiger partial charge on any atom is -0.491 e. The van der Waals surface area contributed by atoms with Crippen LogP contribution in [-0.2, 0) is 4.79 Å². The van der Waals surface area contributed by atoms with Crippen molar-refractivity contribution >= 4 is 24.0 Å². The first-order valence-corrected chi connectivity index (χ1v) is 6.40. The molecule has 0 heterocycles. The molecule has 5 heteroatoms. The summed E-state index contributed by atoms with van der Waals surface area (Å²) < 4.78 is 5.57. The number of nitrogens with one attached hydrogen (secondary N) is 1. The second-order valence-electron chi connectivity index (χ2n) is 4.41. The second kappa shape index (κ2) is 9.64. The van der Waals surface area contributed by atoms with Gasteiger partial charge >= 0.3 is 0 Å². The van der Waals surface area contributed by atoms with Crippen LogP contribution in [0.25, 0.3) is 0 Å². The largest absolute Gasteiger partial charge is 0.491 e. The normalized spacial score (nSPS) is 11.3. The van der Waals surface area contributed by atoms with Crippen LogP contribution in [0.4, 0.5) is 5.69 Å². The summed E-state index contributed by atoms with van der Waals surface area (Å²) in [6.07, 6.45) is 2.05. The van der Waals surface area contributed by atoms with Gasteiger partial charge < -0.3 is 15.8 Å². The summed E-state index contributed by atoms with van der Waals surface area (Å²) in [5.41, 5.74) is 6.35. The van der Waals surface area contributed by atoms with E-state index in [4.69, 9.17) is 10.5 Å². The van der Waals surface area contributed by atoms with Gasteiger partial charge in [0.15, 0.2) is 0 Å². The van der Waals surface area contributed by atoms with Crippen LogP contribution in [0.15, 0.2) is 24.3 Å². The molecule has 19 heavy (non-hydrogen) atoms. The standard InChI is InChI=1S/C14H22N2O2.ClH/c1-3-10-18-13-7-5-4-6-12(13)16-14(17)9-8-11(2)15;/h4-7,11H,3,8-10,15H2,1-2H3,(H,16,17);1H. The van der Waals surface area contributed by atoms with E-state index in [9.17, 15) is 4.79 Å². The highest BCUT2D eigenvalue weighted by Crippen LogP contribution is 2.24. The van der Waals surface area contributed by atoms with Gasteiger partial charge in [0, 0.05) is 12.5 Å². The second-order valence-corrected chi connectivity index (χ2v) is 4.41. The summed E-state index contributed by atoms with van der Waals surface area (Å²) in [5.74, 6) is 0.688. The quantitative estimate of drug-likeness (QED) is 0.810. The predicted molar refractivity (Wildman–Crippen MR) is 81.0 cm³/mol. The van der Waals surface area contributed by atoms with Gasteiger partial charge in [-0.1, -0.05) is 19.1 Å². The van der Waals surface area contributed by atoms with Crippen LogP contribution in [0.2, 0.25) is 0 Å². The van der Waals surface area contributed by atoms with Crippen LogP contribution in [-0.4, -0.2) is 18.6 Å². The molecule has 0 bridgehead atoms. The Morgan fingerprint density at radius 2 is 2.11 bits per heavy atom. The molecule has 1 aromatic rings. The maximum absolute atomic E-state index is 11.7. The van der Waals surface area contributed by atoms with Crippen molar-refractivity contribution in [2.75, 3.05) is 11.9 Å². The van der Waals surface area contributed by atoms with E-state index in [0.717, 1.165) is 12.1 Å². The number of halogens is 1. The third kappa shape index (κ3) is 7.03. The third-order valence-corrected chi connectivity index (χ3v) is 2.45. The number of para-hydroxylation sites is 2. The van der Waals surface area contributed by atoms with Crippen LogP contribution in [0.1, 0.15) is 33.1 Å². The molecule has 4 nitrogen and oxygen atoms in total. The topological polar surface area (TPSA) is 64.3 Å². The fraction of sp³-hybridized carbons (Fsp3) is 0.500. The summed E-state index contributed by atoms with van der Waals surface area (Å²) in [7, 11) is 0. The number of anilines is 1. The maximum atomic E-state index is 11.7. The Balaban J connectivity index is 0.00000324. The number of hydrogen-bond acceptors (Lipinski definition) is 3. The lowest BCUT2D eigenvalue weighted by atomic mass is 10.2. The number of ether oxygens (including phenoxy) is 1. The van der Waals surface area contributed by atoms with E-state index in [2.05, 4.69) is 5.32 Å². The molecule has 0 saturated heterocycles. The molecule has 1 rings (SSSR count). The Hall–Kier alpha value is -1.26. The van der Waals surface area contributed by atoms with Crippen LogP contribution in [0, 0.1) is 0 Å². The van der Waals surface area contributed by atoms with Gasteiger partial charge in [0.05, 0.1) is 12.3 Å². The van der Waals surface area contributed by atoms with Crippen LogP contribution >= 0.6 is 12.4 Å². The number of rotatable bonds is 7. The van der Waals surface area contributed by atoms with Gasteiger partial charge in [-0.25, -0.2) is 0 Å². The van der Waals surface area contributed by atoms with Crippen molar-refractivity contribution in [1.29, 1.82) is 0 Å². The molecule has 1 unspecified atom stereocenters. The highest BCUT2D eigenvalue weighted by Gasteiger charge is 2.08. The molecule has 0 aliphatic carbocycles. The molecule has 0 saturated carbocycles. The van der Waals surface area contributed by atoms with Gasteiger partial charge in [-0.3, -0.25) is 4.79 Å². The molecular formula is C14H23ClN2O2. The van der Waals surface area contributed by atoms with Crippen LogP contribution in [0.3, 0.4) is 0 Å². The number of hydrogen-bond donors (Lipinski definition) is 2. The Morgan fingerprint density at radius 3 is 2.74 bits per heavy atom. The molecule has 1 amide bonds. The minimum atomic E-state index is -0.0279. The number of carbonyl (C=O) groups is 1. The van der Waals surface area contributed by atoms with E-state index in [1.165, 1.54) is 0 Å².